The predicted molar refractivity (Wildman–Crippen MR) is 128 cm³/mol. The number of imide groups is 1. The Morgan fingerprint density at radius 1 is 1.00 bits per heavy atom. The van der Waals surface area contributed by atoms with Crippen molar-refractivity contribution >= 4 is 56.5 Å². The Bertz CT molecular complexity index is 1170. The average molecular weight is 515 g/mol. The quantitative estimate of drug-likeness (QED) is 0.335. The normalized spacial score (nSPS) is 15.0. The van der Waals surface area contributed by atoms with E-state index in [1.807, 2.05) is 72.8 Å². The van der Waals surface area contributed by atoms with Crippen molar-refractivity contribution in [1.82, 2.24) is 4.90 Å². The summed E-state index contributed by atoms with van der Waals surface area (Å²) in [5, 5.41) is 0.389. The number of hydrogen-bond acceptors (Lipinski definition) is 4. The van der Waals surface area contributed by atoms with Crippen molar-refractivity contribution in [1.29, 1.82) is 0 Å². The van der Waals surface area contributed by atoms with E-state index in [2.05, 4.69) is 15.9 Å². The largest absolute Gasteiger partial charge is 0.488 e. The fourth-order valence-corrected chi connectivity index (χ4v) is 4.59. The molecule has 31 heavy (non-hydrogen) atoms. The van der Waals surface area contributed by atoms with E-state index in [0.717, 1.165) is 32.9 Å². The molecule has 1 heterocycles. The van der Waals surface area contributed by atoms with Crippen LogP contribution in [0.3, 0.4) is 0 Å². The van der Waals surface area contributed by atoms with Crippen molar-refractivity contribution < 1.29 is 14.3 Å². The number of ether oxygens (including phenoxy) is 1. The standard InChI is InChI=1S/C24H17BrClNO3S/c25-19-12-17(10-11-21(19)30-15-18-8-4-5-9-20(18)26)13-22-23(28)27(24(29)31-22)14-16-6-2-1-3-7-16/h1-13H,14-15H2/b22-13-. The number of amides is 2. The van der Waals surface area contributed by atoms with Crippen LogP contribution >= 0.6 is 39.3 Å². The predicted octanol–water partition coefficient (Wildman–Crippen LogP) is 6.92. The lowest BCUT2D eigenvalue weighted by molar-refractivity contribution is -0.123. The van der Waals surface area contributed by atoms with E-state index in [4.69, 9.17) is 16.3 Å². The SMILES string of the molecule is O=C1S/C(=C\c2ccc(OCc3ccccc3Cl)c(Br)c2)C(=O)N1Cc1ccccc1. The number of thioether (sulfide) groups is 1. The lowest BCUT2D eigenvalue weighted by atomic mass is 10.2. The number of carbonyl (C=O) groups is 2. The van der Waals surface area contributed by atoms with Crippen LogP contribution < -0.4 is 4.74 Å². The van der Waals surface area contributed by atoms with Crippen LogP contribution in [0.25, 0.3) is 6.08 Å². The summed E-state index contributed by atoms with van der Waals surface area (Å²) in [7, 11) is 0. The summed E-state index contributed by atoms with van der Waals surface area (Å²) in [6.45, 7) is 0.608. The highest BCUT2D eigenvalue weighted by atomic mass is 79.9. The van der Waals surface area contributed by atoms with Gasteiger partial charge in [0.2, 0.25) is 0 Å². The molecule has 0 spiro atoms. The number of nitrogens with zero attached hydrogens (tertiary/aromatic N) is 1. The summed E-state index contributed by atoms with van der Waals surface area (Å²) < 4.78 is 6.61. The van der Waals surface area contributed by atoms with Gasteiger partial charge in [-0.25, -0.2) is 0 Å². The Balaban J connectivity index is 1.46. The highest BCUT2D eigenvalue weighted by molar-refractivity contribution is 9.10. The van der Waals surface area contributed by atoms with E-state index in [-0.39, 0.29) is 17.7 Å². The monoisotopic (exact) mass is 513 g/mol. The maximum Gasteiger partial charge on any atom is 0.293 e. The smallest absolute Gasteiger partial charge is 0.293 e. The van der Waals surface area contributed by atoms with Crippen molar-refractivity contribution in [2.45, 2.75) is 13.2 Å². The summed E-state index contributed by atoms with van der Waals surface area (Å²) in [5.41, 5.74) is 2.60. The van der Waals surface area contributed by atoms with Crippen molar-refractivity contribution in [3.63, 3.8) is 0 Å². The Hall–Kier alpha value is -2.54. The van der Waals surface area contributed by atoms with Crippen molar-refractivity contribution in [2.75, 3.05) is 0 Å². The molecule has 0 aromatic heterocycles. The van der Waals surface area contributed by atoms with E-state index in [1.54, 1.807) is 6.08 Å². The molecule has 0 atom stereocenters. The van der Waals surface area contributed by atoms with Gasteiger partial charge in [0, 0.05) is 10.6 Å². The molecule has 0 N–H and O–H groups in total. The van der Waals surface area contributed by atoms with Crippen LogP contribution in [-0.2, 0) is 17.9 Å². The first-order valence-electron chi connectivity index (χ1n) is 9.46. The molecule has 1 fully saturated rings. The summed E-state index contributed by atoms with van der Waals surface area (Å²) in [5.74, 6) is 0.378. The van der Waals surface area contributed by atoms with Gasteiger partial charge in [0.15, 0.2) is 0 Å². The minimum Gasteiger partial charge on any atom is -0.488 e. The molecule has 2 amide bonds. The second-order valence-corrected chi connectivity index (χ2v) is 9.08. The van der Waals surface area contributed by atoms with Crippen LogP contribution in [0.1, 0.15) is 16.7 Å². The summed E-state index contributed by atoms with van der Waals surface area (Å²) in [6.07, 6.45) is 1.72. The number of halogens is 2. The third kappa shape index (κ3) is 5.21. The second kappa shape index (κ2) is 9.73. The van der Waals surface area contributed by atoms with Gasteiger partial charge >= 0.3 is 0 Å². The Morgan fingerprint density at radius 2 is 1.74 bits per heavy atom. The molecule has 1 saturated heterocycles. The van der Waals surface area contributed by atoms with Crippen LogP contribution in [0.2, 0.25) is 5.02 Å². The second-order valence-electron chi connectivity index (χ2n) is 6.82. The zero-order chi connectivity index (χ0) is 21.8. The molecule has 7 heteroatoms. The van der Waals surface area contributed by atoms with Gasteiger partial charge in [0.25, 0.3) is 11.1 Å². The summed E-state index contributed by atoms with van der Waals surface area (Å²) in [6, 6.07) is 22.5. The van der Waals surface area contributed by atoms with Gasteiger partial charge in [0.1, 0.15) is 12.4 Å². The van der Waals surface area contributed by atoms with Crippen molar-refractivity contribution in [3.05, 3.63) is 104 Å². The molecule has 1 aliphatic heterocycles. The molecule has 0 aliphatic carbocycles. The minimum atomic E-state index is -0.283. The third-order valence-electron chi connectivity index (χ3n) is 4.65. The molecule has 3 aromatic rings. The third-order valence-corrected chi connectivity index (χ3v) is 6.55. The molecule has 3 aromatic carbocycles. The fourth-order valence-electron chi connectivity index (χ4n) is 3.05. The van der Waals surface area contributed by atoms with Crippen LogP contribution in [0.15, 0.2) is 82.2 Å². The average Bonchev–Trinajstić information content (AvgIpc) is 3.02. The molecule has 0 bridgehead atoms. The summed E-state index contributed by atoms with van der Waals surface area (Å²) >= 11 is 10.6. The first kappa shape index (κ1) is 21.7. The molecule has 1 aliphatic rings. The number of carbonyl (C=O) groups excluding carboxylic acids is 2. The van der Waals surface area contributed by atoms with Gasteiger partial charge in [-0.2, -0.15) is 0 Å². The molecule has 0 unspecified atom stereocenters. The molecule has 0 radical (unpaired) electrons. The highest BCUT2D eigenvalue weighted by Gasteiger charge is 2.34. The van der Waals surface area contributed by atoms with E-state index in [9.17, 15) is 9.59 Å². The number of hydrogen-bond donors (Lipinski definition) is 0. The zero-order valence-corrected chi connectivity index (χ0v) is 19.4. The van der Waals surface area contributed by atoms with Crippen LogP contribution in [-0.4, -0.2) is 16.0 Å². The van der Waals surface area contributed by atoms with Crippen molar-refractivity contribution in [3.8, 4) is 5.75 Å². The first-order chi connectivity index (χ1) is 15.0. The first-order valence-corrected chi connectivity index (χ1v) is 11.4. The van der Waals surface area contributed by atoms with Gasteiger partial charge in [0.05, 0.1) is 15.9 Å². The van der Waals surface area contributed by atoms with Gasteiger partial charge in [-0.3, -0.25) is 14.5 Å². The van der Waals surface area contributed by atoms with Gasteiger partial charge < -0.3 is 4.74 Å². The molecule has 4 nitrogen and oxygen atoms in total. The van der Waals surface area contributed by atoms with Crippen LogP contribution in [0.4, 0.5) is 4.79 Å². The van der Waals surface area contributed by atoms with E-state index < -0.39 is 0 Å². The fraction of sp³-hybridized carbons (Fsp3) is 0.0833. The van der Waals surface area contributed by atoms with Gasteiger partial charge in [-0.1, -0.05) is 66.2 Å². The number of rotatable bonds is 6. The molecular weight excluding hydrogens is 498 g/mol. The number of benzene rings is 3. The van der Waals surface area contributed by atoms with Crippen LogP contribution in [0.5, 0.6) is 5.75 Å². The molecular formula is C24H17BrClNO3S. The van der Waals surface area contributed by atoms with E-state index >= 15 is 0 Å². The minimum absolute atomic E-state index is 0.265. The summed E-state index contributed by atoms with van der Waals surface area (Å²) in [4.78, 5) is 26.7. The van der Waals surface area contributed by atoms with E-state index in [0.29, 0.717) is 22.3 Å². The Kier molecular flexibility index (Phi) is 6.80. The highest BCUT2D eigenvalue weighted by Crippen LogP contribution is 2.35. The Labute approximate surface area is 198 Å². The van der Waals surface area contributed by atoms with Crippen molar-refractivity contribution in [2.24, 2.45) is 0 Å². The molecule has 156 valence electrons. The van der Waals surface area contributed by atoms with Gasteiger partial charge in [-0.05, 0) is 63.1 Å². The lowest BCUT2D eigenvalue weighted by Gasteiger charge is -2.12. The lowest BCUT2D eigenvalue weighted by Crippen LogP contribution is -2.27. The topological polar surface area (TPSA) is 46.6 Å². The zero-order valence-electron chi connectivity index (χ0n) is 16.3. The Morgan fingerprint density at radius 3 is 2.48 bits per heavy atom. The maximum absolute atomic E-state index is 12.7. The van der Waals surface area contributed by atoms with Gasteiger partial charge in [-0.15, -0.1) is 0 Å². The van der Waals surface area contributed by atoms with Crippen LogP contribution in [0, 0.1) is 0 Å². The van der Waals surface area contributed by atoms with E-state index in [1.165, 1.54) is 4.90 Å². The maximum atomic E-state index is 12.7. The molecule has 0 saturated carbocycles. The molecule has 4 rings (SSSR count).